The smallest absolute Gasteiger partial charge is 0.0765 e. The van der Waals surface area contributed by atoms with Crippen LogP contribution < -0.4 is 10.2 Å². The van der Waals surface area contributed by atoms with Crippen LogP contribution in [0.15, 0.2) is 18.2 Å². The Kier molecular flexibility index (Phi) is 6.69. The second kappa shape index (κ2) is 7.81. The number of nitrogens with one attached hydrogen (secondary N) is 1. The summed E-state index contributed by atoms with van der Waals surface area (Å²) in [5.41, 5.74) is 3.16. The molecule has 1 aromatic carbocycles. The summed E-state index contributed by atoms with van der Waals surface area (Å²) >= 11 is 0. The number of aryl methyl sites for hydroxylation is 1. The highest BCUT2D eigenvalue weighted by molar-refractivity contribution is 5.51. The molecule has 0 heterocycles. The van der Waals surface area contributed by atoms with Gasteiger partial charge in [0.1, 0.15) is 0 Å². The van der Waals surface area contributed by atoms with Crippen LogP contribution in [0.5, 0.6) is 0 Å². The van der Waals surface area contributed by atoms with Gasteiger partial charge in [0, 0.05) is 25.3 Å². The fourth-order valence-corrected chi connectivity index (χ4v) is 2.42. The quantitative estimate of drug-likeness (QED) is 0.771. The van der Waals surface area contributed by atoms with E-state index >= 15 is 0 Å². The first-order chi connectivity index (χ1) is 9.73. The molecule has 0 saturated carbocycles. The number of anilines is 1. The van der Waals surface area contributed by atoms with E-state index in [1.807, 2.05) is 13.8 Å². The first-order valence-electron chi connectivity index (χ1n) is 8.00. The van der Waals surface area contributed by atoms with Gasteiger partial charge in [-0.2, -0.15) is 0 Å². The van der Waals surface area contributed by atoms with E-state index in [4.69, 9.17) is 0 Å². The molecule has 0 aliphatic rings. The summed E-state index contributed by atoms with van der Waals surface area (Å²) in [6.07, 6.45) is 0. The molecule has 2 N–H and O–H groups in total. The molecule has 1 rings (SSSR count). The summed E-state index contributed by atoms with van der Waals surface area (Å²) in [5, 5.41) is 13.5. The third kappa shape index (κ3) is 6.49. The summed E-state index contributed by atoms with van der Waals surface area (Å²) in [6.45, 7) is 15.9. The molecule has 0 fully saturated rings. The molecule has 120 valence electrons. The largest absolute Gasteiger partial charge is 0.389 e. The lowest BCUT2D eigenvalue weighted by Crippen LogP contribution is -2.38. The van der Waals surface area contributed by atoms with Crippen LogP contribution in [0.1, 0.15) is 45.7 Å². The molecule has 0 radical (unpaired) electrons. The number of benzene rings is 1. The lowest BCUT2D eigenvalue weighted by molar-refractivity contribution is 0.0876. The molecular formula is C18H32N2O. The monoisotopic (exact) mass is 292 g/mol. The number of aliphatic hydroxyl groups is 1. The van der Waals surface area contributed by atoms with E-state index in [9.17, 15) is 5.11 Å². The average molecular weight is 292 g/mol. The maximum absolute atomic E-state index is 10.0. The highest BCUT2D eigenvalue weighted by atomic mass is 16.3. The molecule has 1 aromatic rings. The van der Waals surface area contributed by atoms with Crippen molar-refractivity contribution in [3.63, 3.8) is 0 Å². The van der Waals surface area contributed by atoms with E-state index in [-0.39, 0.29) is 0 Å². The van der Waals surface area contributed by atoms with Gasteiger partial charge in [-0.1, -0.05) is 19.9 Å². The van der Waals surface area contributed by atoms with Crippen molar-refractivity contribution in [1.29, 1.82) is 0 Å². The maximum atomic E-state index is 10.0. The van der Waals surface area contributed by atoms with Crippen LogP contribution in [0.25, 0.3) is 0 Å². The maximum Gasteiger partial charge on any atom is 0.0765 e. The molecule has 21 heavy (non-hydrogen) atoms. The summed E-state index contributed by atoms with van der Waals surface area (Å²) < 4.78 is 0. The van der Waals surface area contributed by atoms with E-state index < -0.39 is 5.60 Å². The van der Waals surface area contributed by atoms with Crippen LogP contribution in [0.4, 0.5) is 5.69 Å². The SMILES string of the molecule is CCN(CC(C)(C)O)c1ccc(CNCC(C)C)c(C)c1. The average Bonchev–Trinajstić information content (AvgIpc) is 2.36. The molecule has 0 bridgehead atoms. The topological polar surface area (TPSA) is 35.5 Å². The summed E-state index contributed by atoms with van der Waals surface area (Å²) in [6, 6.07) is 6.58. The molecule has 3 nitrogen and oxygen atoms in total. The minimum atomic E-state index is -0.679. The van der Waals surface area contributed by atoms with E-state index in [0.717, 1.165) is 19.6 Å². The summed E-state index contributed by atoms with van der Waals surface area (Å²) in [5.74, 6) is 0.673. The lowest BCUT2D eigenvalue weighted by Gasteiger charge is -2.30. The van der Waals surface area contributed by atoms with E-state index in [0.29, 0.717) is 12.5 Å². The van der Waals surface area contributed by atoms with Crippen LogP contribution in [0.3, 0.4) is 0 Å². The van der Waals surface area contributed by atoms with Crippen molar-refractivity contribution in [3.05, 3.63) is 29.3 Å². The van der Waals surface area contributed by atoms with Gasteiger partial charge in [0.25, 0.3) is 0 Å². The highest BCUT2D eigenvalue weighted by Gasteiger charge is 2.18. The molecule has 0 spiro atoms. The van der Waals surface area contributed by atoms with Crippen molar-refractivity contribution in [2.24, 2.45) is 5.92 Å². The Bertz CT molecular complexity index is 435. The Morgan fingerprint density at radius 1 is 1.29 bits per heavy atom. The van der Waals surface area contributed by atoms with Crippen LogP contribution in [0, 0.1) is 12.8 Å². The standard InChI is InChI=1S/C18H32N2O/c1-7-20(13-18(5,6)21)17-9-8-16(15(4)10-17)12-19-11-14(2)3/h8-10,14,19,21H,7,11-13H2,1-6H3. The van der Waals surface area contributed by atoms with Gasteiger partial charge in [-0.15, -0.1) is 0 Å². The zero-order valence-corrected chi connectivity index (χ0v) is 14.5. The zero-order chi connectivity index (χ0) is 16.0. The first-order valence-corrected chi connectivity index (χ1v) is 8.00. The van der Waals surface area contributed by atoms with Gasteiger partial charge in [-0.25, -0.2) is 0 Å². The highest BCUT2D eigenvalue weighted by Crippen LogP contribution is 2.21. The van der Waals surface area contributed by atoms with Crippen molar-refractivity contribution >= 4 is 5.69 Å². The minimum absolute atomic E-state index is 0.647. The number of likely N-dealkylation sites (N-methyl/N-ethyl adjacent to an activating group) is 1. The van der Waals surface area contributed by atoms with Crippen LogP contribution in [-0.4, -0.2) is 30.3 Å². The van der Waals surface area contributed by atoms with Crippen molar-refractivity contribution in [2.45, 2.75) is 53.7 Å². The molecule has 0 unspecified atom stereocenters. The Hall–Kier alpha value is -1.06. The lowest BCUT2D eigenvalue weighted by atomic mass is 10.1. The minimum Gasteiger partial charge on any atom is -0.389 e. The van der Waals surface area contributed by atoms with Gasteiger partial charge < -0.3 is 15.3 Å². The Balaban J connectivity index is 2.75. The van der Waals surface area contributed by atoms with E-state index in [2.05, 4.69) is 56.1 Å². The van der Waals surface area contributed by atoms with Gasteiger partial charge in [0.15, 0.2) is 0 Å². The van der Waals surface area contributed by atoms with E-state index in [1.54, 1.807) is 0 Å². The van der Waals surface area contributed by atoms with Gasteiger partial charge in [0.05, 0.1) is 5.60 Å². The fraction of sp³-hybridized carbons (Fsp3) is 0.667. The Morgan fingerprint density at radius 3 is 2.43 bits per heavy atom. The zero-order valence-electron chi connectivity index (χ0n) is 14.5. The van der Waals surface area contributed by atoms with Gasteiger partial charge in [0.2, 0.25) is 0 Å². The fourth-order valence-electron chi connectivity index (χ4n) is 2.42. The normalized spacial score (nSPS) is 12.0. The van der Waals surface area contributed by atoms with Crippen molar-refractivity contribution in [1.82, 2.24) is 5.32 Å². The molecule has 0 aromatic heterocycles. The molecule has 0 aliphatic carbocycles. The summed E-state index contributed by atoms with van der Waals surface area (Å²) in [4.78, 5) is 2.22. The molecule has 3 heteroatoms. The third-order valence-corrected chi connectivity index (χ3v) is 3.52. The molecule has 0 amide bonds. The molecule has 0 atom stereocenters. The number of hydrogen-bond acceptors (Lipinski definition) is 3. The van der Waals surface area contributed by atoms with Crippen LogP contribution in [-0.2, 0) is 6.54 Å². The second-order valence-corrected chi connectivity index (χ2v) is 6.96. The van der Waals surface area contributed by atoms with Gasteiger partial charge in [-0.05, 0) is 63.4 Å². The third-order valence-electron chi connectivity index (χ3n) is 3.52. The van der Waals surface area contributed by atoms with Gasteiger partial charge >= 0.3 is 0 Å². The van der Waals surface area contributed by atoms with Crippen molar-refractivity contribution < 1.29 is 5.11 Å². The number of hydrogen-bond donors (Lipinski definition) is 2. The predicted octanol–water partition coefficient (Wildman–Crippen LogP) is 3.34. The second-order valence-electron chi connectivity index (χ2n) is 6.96. The Morgan fingerprint density at radius 2 is 1.95 bits per heavy atom. The van der Waals surface area contributed by atoms with Crippen molar-refractivity contribution in [3.8, 4) is 0 Å². The molecular weight excluding hydrogens is 260 g/mol. The number of nitrogens with zero attached hydrogens (tertiary/aromatic N) is 1. The predicted molar refractivity (Wildman–Crippen MR) is 91.9 cm³/mol. The first kappa shape index (κ1) is 18.0. The van der Waals surface area contributed by atoms with Crippen LogP contribution >= 0.6 is 0 Å². The molecule has 0 saturated heterocycles. The van der Waals surface area contributed by atoms with E-state index in [1.165, 1.54) is 16.8 Å². The van der Waals surface area contributed by atoms with Crippen molar-refractivity contribution in [2.75, 3.05) is 24.5 Å². The summed E-state index contributed by atoms with van der Waals surface area (Å²) in [7, 11) is 0. The number of rotatable bonds is 8. The Labute approximate surface area is 130 Å². The van der Waals surface area contributed by atoms with Crippen LogP contribution in [0.2, 0.25) is 0 Å². The van der Waals surface area contributed by atoms with Gasteiger partial charge in [-0.3, -0.25) is 0 Å². The molecule has 0 aliphatic heterocycles.